The van der Waals surface area contributed by atoms with Crippen molar-refractivity contribution >= 4 is 15.8 Å². The molecule has 0 aliphatic carbocycles. The molecule has 0 aromatic carbocycles. The van der Waals surface area contributed by atoms with Crippen LogP contribution >= 0.6 is 0 Å². The molecule has 2 aromatic rings. The molecule has 0 saturated carbocycles. The molecule has 1 fully saturated rings. The summed E-state index contributed by atoms with van der Waals surface area (Å²) < 4.78 is 31.9. The number of oxazole rings is 1. The summed E-state index contributed by atoms with van der Waals surface area (Å²) in [6.07, 6.45) is 4.76. The molecule has 0 N–H and O–H groups in total. The summed E-state index contributed by atoms with van der Waals surface area (Å²) in [5.74, 6) is 1.62. The molecule has 1 aliphatic rings. The number of sulfonamides is 1. The van der Waals surface area contributed by atoms with E-state index in [1.807, 2.05) is 25.2 Å². The van der Waals surface area contributed by atoms with E-state index in [1.54, 1.807) is 6.92 Å². The highest BCUT2D eigenvalue weighted by atomic mass is 32.2. The molecule has 3 rings (SSSR count). The Hall–Kier alpha value is -1.93. The van der Waals surface area contributed by atoms with Crippen LogP contribution in [0.4, 0.5) is 5.82 Å². The Morgan fingerprint density at radius 1 is 1.16 bits per heavy atom. The molecule has 1 saturated heterocycles. The van der Waals surface area contributed by atoms with Crippen LogP contribution in [0, 0.1) is 13.8 Å². The van der Waals surface area contributed by atoms with Crippen LogP contribution in [0.5, 0.6) is 0 Å². The highest BCUT2D eigenvalue weighted by Gasteiger charge is 2.32. The molecule has 1 aliphatic heterocycles. The zero-order valence-corrected chi connectivity index (χ0v) is 15.9. The molecule has 0 unspecified atom stereocenters. The highest BCUT2D eigenvalue weighted by Crippen LogP contribution is 2.33. The van der Waals surface area contributed by atoms with Crippen molar-refractivity contribution in [1.82, 2.24) is 14.3 Å². The number of piperidine rings is 1. The second-order valence-corrected chi connectivity index (χ2v) is 8.54. The van der Waals surface area contributed by atoms with Gasteiger partial charge in [0.2, 0.25) is 0 Å². The van der Waals surface area contributed by atoms with E-state index in [2.05, 4.69) is 23.0 Å². The normalized spacial score (nSPS) is 17.0. The minimum atomic E-state index is -3.59. The monoisotopic (exact) mass is 364 g/mol. The first kappa shape index (κ1) is 17.9. The van der Waals surface area contributed by atoms with Gasteiger partial charge >= 0.3 is 0 Å². The van der Waals surface area contributed by atoms with Gasteiger partial charge in [0.05, 0.1) is 6.20 Å². The smallest absolute Gasteiger partial charge is 0.278 e. The molecule has 2 aromatic heterocycles. The first-order valence-corrected chi connectivity index (χ1v) is 9.79. The fourth-order valence-corrected chi connectivity index (χ4v) is 4.58. The van der Waals surface area contributed by atoms with Gasteiger partial charge in [-0.3, -0.25) is 0 Å². The minimum absolute atomic E-state index is 0.0726. The van der Waals surface area contributed by atoms with Gasteiger partial charge < -0.3 is 9.32 Å². The number of hydrogen-bond acceptors (Lipinski definition) is 6. The molecule has 3 heterocycles. The van der Waals surface area contributed by atoms with Crippen molar-refractivity contribution in [2.24, 2.45) is 0 Å². The standard InChI is InChI=1S/C17H24N4O3S/c1-12-9-16(20(3)4)19-10-15(12)14-5-7-21(8-6-14)25(22,23)17-11-18-13(2)24-17/h9-11,14H,5-8H2,1-4H3. The average Bonchev–Trinajstić information content (AvgIpc) is 3.02. The Morgan fingerprint density at radius 2 is 1.84 bits per heavy atom. The first-order chi connectivity index (χ1) is 11.8. The van der Waals surface area contributed by atoms with Gasteiger partial charge in [-0.05, 0) is 42.9 Å². The maximum Gasteiger partial charge on any atom is 0.278 e. The second kappa shape index (κ2) is 6.76. The molecule has 0 bridgehead atoms. The van der Waals surface area contributed by atoms with Gasteiger partial charge in [-0.2, -0.15) is 4.31 Å². The number of hydrogen-bond donors (Lipinski definition) is 0. The fourth-order valence-electron chi connectivity index (χ4n) is 3.22. The lowest BCUT2D eigenvalue weighted by Crippen LogP contribution is -2.37. The lowest BCUT2D eigenvalue weighted by molar-refractivity contribution is 0.307. The van der Waals surface area contributed by atoms with Crippen LogP contribution in [0.3, 0.4) is 0 Å². The van der Waals surface area contributed by atoms with Crippen molar-refractivity contribution in [2.45, 2.75) is 37.7 Å². The summed E-state index contributed by atoms with van der Waals surface area (Å²) >= 11 is 0. The third-order valence-corrected chi connectivity index (χ3v) is 6.43. The molecule has 0 spiro atoms. The van der Waals surface area contributed by atoms with Crippen LogP contribution in [-0.2, 0) is 10.0 Å². The van der Waals surface area contributed by atoms with Crippen LogP contribution in [0.25, 0.3) is 0 Å². The predicted molar refractivity (Wildman–Crippen MR) is 95.3 cm³/mol. The van der Waals surface area contributed by atoms with Gasteiger partial charge in [0.15, 0.2) is 5.89 Å². The summed E-state index contributed by atoms with van der Waals surface area (Å²) in [7, 11) is 0.343. The zero-order chi connectivity index (χ0) is 18.2. The molecular weight excluding hydrogens is 340 g/mol. The van der Waals surface area contributed by atoms with Crippen LogP contribution < -0.4 is 4.90 Å². The summed E-state index contributed by atoms with van der Waals surface area (Å²) in [5, 5.41) is -0.0726. The van der Waals surface area contributed by atoms with Gasteiger partial charge in [-0.25, -0.2) is 18.4 Å². The quantitative estimate of drug-likeness (QED) is 0.828. The Morgan fingerprint density at radius 3 is 2.36 bits per heavy atom. The third kappa shape index (κ3) is 3.55. The summed E-state index contributed by atoms with van der Waals surface area (Å²) in [5.41, 5.74) is 2.41. The summed E-state index contributed by atoms with van der Waals surface area (Å²) in [6.45, 7) is 4.67. The molecule has 0 radical (unpaired) electrons. The van der Waals surface area contributed by atoms with Gasteiger partial charge in [-0.1, -0.05) is 0 Å². The van der Waals surface area contributed by atoms with E-state index in [1.165, 1.54) is 21.6 Å². The third-order valence-electron chi connectivity index (χ3n) is 4.68. The van der Waals surface area contributed by atoms with Gasteiger partial charge in [0.1, 0.15) is 5.82 Å². The van der Waals surface area contributed by atoms with E-state index in [4.69, 9.17) is 4.42 Å². The average molecular weight is 364 g/mol. The molecule has 25 heavy (non-hydrogen) atoms. The molecule has 0 amide bonds. The topological polar surface area (TPSA) is 79.5 Å². The minimum Gasteiger partial charge on any atom is -0.428 e. The van der Waals surface area contributed by atoms with Gasteiger partial charge in [-0.15, -0.1) is 0 Å². The number of nitrogens with zero attached hydrogens (tertiary/aromatic N) is 4. The number of pyridine rings is 1. The Labute approximate surface area is 148 Å². The van der Waals surface area contributed by atoms with E-state index in [-0.39, 0.29) is 5.09 Å². The fraction of sp³-hybridized carbons (Fsp3) is 0.529. The van der Waals surface area contributed by atoms with E-state index in [0.717, 1.165) is 18.7 Å². The number of aryl methyl sites for hydroxylation is 2. The van der Waals surface area contributed by atoms with Crippen molar-refractivity contribution in [2.75, 3.05) is 32.1 Å². The SMILES string of the molecule is Cc1ncc(S(=O)(=O)N2CCC(c3cnc(N(C)C)cc3C)CC2)o1. The number of rotatable bonds is 4. The molecule has 8 heteroatoms. The molecule has 7 nitrogen and oxygen atoms in total. The van der Waals surface area contributed by atoms with Gasteiger partial charge in [0, 0.05) is 40.3 Å². The maximum absolute atomic E-state index is 12.6. The van der Waals surface area contributed by atoms with Crippen LogP contribution in [0.2, 0.25) is 0 Å². The van der Waals surface area contributed by atoms with E-state index in [9.17, 15) is 8.42 Å². The highest BCUT2D eigenvalue weighted by molar-refractivity contribution is 7.89. The van der Waals surface area contributed by atoms with E-state index >= 15 is 0 Å². The van der Waals surface area contributed by atoms with Crippen LogP contribution in [-0.4, -0.2) is 49.9 Å². The van der Waals surface area contributed by atoms with Crippen molar-refractivity contribution in [3.8, 4) is 0 Å². The largest absolute Gasteiger partial charge is 0.428 e. The lowest BCUT2D eigenvalue weighted by atomic mass is 9.89. The Kier molecular flexibility index (Phi) is 4.83. The second-order valence-electron chi connectivity index (χ2n) is 6.67. The van der Waals surface area contributed by atoms with E-state index < -0.39 is 10.0 Å². The first-order valence-electron chi connectivity index (χ1n) is 8.35. The van der Waals surface area contributed by atoms with Crippen LogP contribution in [0.15, 0.2) is 28.0 Å². The van der Waals surface area contributed by atoms with Crippen molar-refractivity contribution in [1.29, 1.82) is 0 Å². The summed E-state index contributed by atoms with van der Waals surface area (Å²) in [4.78, 5) is 10.4. The number of anilines is 1. The molecular formula is C17H24N4O3S. The zero-order valence-electron chi connectivity index (χ0n) is 15.1. The van der Waals surface area contributed by atoms with Crippen molar-refractivity contribution < 1.29 is 12.8 Å². The maximum atomic E-state index is 12.6. The summed E-state index contributed by atoms with van der Waals surface area (Å²) in [6, 6.07) is 2.08. The predicted octanol–water partition coefficient (Wildman–Crippen LogP) is 2.32. The molecule has 0 atom stereocenters. The van der Waals surface area contributed by atoms with E-state index in [0.29, 0.717) is 24.9 Å². The van der Waals surface area contributed by atoms with Crippen LogP contribution in [0.1, 0.15) is 35.8 Å². The van der Waals surface area contributed by atoms with Gasteiger partial charge in [0.25, 0.3) is 15.1 Å². The molecule has 136 valence electrons. The Bertz CT molecular complexity index is 853. The van der Waals surface area contributed by atoms with Crippen molar-refractivity contribution in [3.63, 3.8) is 0 Å². The Balaban J connectivity index is 1.72. The lowest BCUT2D eigenvalue weighted by Gasteiger charge is -2.31. The number of aromatic nitrogens is 2. The van der Waals surface area contributed by atoms with Crippen molar-refractivity contribution in [3.05, 3.63) is 35.5 Å².